The Balaban J connectivity index is 2.00. The molecule has 18 heavy (non-hydrogen) atoms. The first kappa shape index (κ1) is 12.6. The molecule has 3 nitrogen and oxygen atoms in total. The van der Waals surface area contributed by atoms with E-state index in [1.54, 1.807) is 0 Å². The summed E-state index contributed by atoms with van der Waals surface area (Å²) in [7, 11) is 0. The number of nitrogens with two attached hydrogens (primary N) is 1. The Kier molecular flexibility index (Phi) is 4.34. The van der Waals surface area contributed by atoms with E-state index in [4.69, 9.17) is 10.8 Å². The Morgan fingerprint density at radius 2 is 1.56 bits per heavy atom. The fraction of sp³-hybridized carbons (Fsp3) is 0.200. The van der Waals surface area contributed by atoms with E-state index in [1.165, 1.54) is 0 Å². The van der Waals surface area contributed by atoms with Crippen molar-refractivity contribution < 1.29 is 5.11 Å². The number of anilines is 2. The predicted molar refractivity (Wildman–Crippen MR) is 74.9 cm³/mol. The second-order valence-electron chi connectivity index (χ2n) is 4.33. The van der Waals surface area contributed by atoms with Crippen LogP contribution in [0.4, 0.5) is 11.4 Å². The van der Waals surface area contributed by atoms with E-state index < -0.39 is 0 Å². The highest BCUT2D eigenvalue weighted by molar-refractivity contribution is 5.59. The molecule has 0 saturated heterocycles. The molecule has 0 aliphatic rings. The van der Waals surface area contributed by atoms with Crippen molar-refractivity contribution in [1.82, 2.24) is 0 Å². The van der Waals surface area contributed by atoms with Gasteiger partial charge in [0.15, 0.2) is 0 Å². The Bertz CT molecular complexity index is 468. The van der Waals surface area contributed by atoms with Gasteiger partial charge >= 0.3 is 0 Å². The van der Waals surface area contributed by atoms with Crippen LogP contribution in [-0.4, -0.2) is 17.8 Å². The second kappa shape index (κ2) is 6.19. The molecular weight excluding hydrogens is 224 g/mol. The SMILES string of the molecule is N[C@H](CO)Cc1ccc(Nc2ccccc2)cc1. The predicted octanol–water partition coefficient (Wildman–Crippen LogP) is 2.29. The molecular formula is C15H18N2O. The van der Waals surface area contributed by atoms with Gasteiger partial charge in [0.05, 0.1) is 6.61 Å². The van der Waals surface area contributed by atoms with Gasteiger partial charge in [-0.25, -0.2) is 0 Å². The van der Waals surface area contributed by atoms with Crippen LogP contribution in [0.15, 0.2) is 54.6 Å². The highest BCUT2D eigenvalue weighted by Gasteiger charge is 2.02. The van der Waals surface area contributed by atoms with Gasteiger partial charge in [0.1, 0.15) is 0 Å². The Morgan fingerprint density at radius 3 is 2.17 bits per heavy atom. The standard InChI is InChI=1S/C15H18N2O/c16-13(11-18)10-12-6-8-15(9-7-12)17-14-4-2-1-3-5-14/h1-9,13,17-18H,10-11,16H2/t13-/m0/s1. The molecule has 2 aromatic rings. The fourth-order valence-corrected chi connectivity index (χ4v) is 1.78. The lowest BCUT2D eigenvalue weighted by atomic mass is 10.1. The normalized spacial score (nSPS) is 12.1. The summed E-state index contributed by atoms with van der Waals surface area (Å²) < 4.78 is 0. The molecule has 0 amide bonds. The van der Waals surface area contributed by atoms with Gasteiger partial charge in [-0.05, 0) is 36.2 Å². The molecule has 2 rings (SSSR count). The molecule has 0 fully saturated rings. The van der Waals surface area contributed by atoms with Crippen LogP contribution < -0.4 is 11.1 Å². The molecule has 0 aliphatic carbocycles. The molecule has 0 spiro atoms. The van der Waals surface area contributed by atoms with Crippen LogP contribution in [-0.2, 0) is 6.42 Å². The van der Waals surface area contributed by atoms with E-state index in [0.717, 1.165) is 16.9 Å². The van der Waals surface area contributed by atoms with Gasteiger partial charge in [-0.1, -0.05) is 30.3 Å². The molecule has 2 aromatic carbocycles. The number of hydrogen-bond acceptors (Lipinski definition) is 3. The van der Waals surface area contributed by atoms with Crippen LogP contribution in [0.2, 0.25) is 0 Å². The molecule has 0 unspecified atom stereocenters. The lowest BCUT2D eigenvalue weighted by molar-refractivity contribution is 0.265. The second-order valence-corrected chi connectivity index (χ2v) is 4.33. The third-order valence-corrected chi connectivity index (χ3v) is 2.75. The Hall–Kier alpha value is -1.84. The average Bonchev–Trinajstić information content (AvgIpc) is 2.42. The van der Waals surface area contributed by atoms with Gasteiger partial charge in [0, 0.05) is 17.4 Å². The van der Waals surface area contributed by atoms with Crippen molar-refractivity contribution in [2.24, 2.45) is 5.73 Å². The van der Waals surface area contributed by atoms with E-state index in [9.17, 15) is 0 Å². The minimum atomic E-state index is -0.182. The van der Waals surface area contributed by atoms with E-state index in [2.05, 4.69) is 5.32 Å². The van der Waals surface area contributed by atoms with Crippen molar-refractivity contribution in [1.29, 1.82) is 0 Å². The molecule has 0 radical (unpaired) electrons. The first-order valence-electron chi connectivity index (χ1n) is 6.05. The van der Waals surface area contributed by atoms with E-state index in [-0.39, 0.29) is 12.6 Å². The van der Waals surface area contributed by atoms with Gasteiger partial charge in [0.25, 0.3) is 0 Å². The quantitative estimate of drug-likeness (QED) is 0.754. The minimum Gasteiger partial charge on any atom is -0.395 e. The van der Waals surface area contributed by atoms with Gasteiger partial charge < -0.3 is 16.2 Å². The number of para-hydroxylation sites is 1. The van der Waals surface area contributed by atoms with Crippen molar-refractivity contribution in [3.8, 4) is 0 Å². The summed E-state index contributed by atoms with van der Waals surface area (Å²) in [4.78, 5) is 0. The molecule has 0 aliphatic heterocycles. The topological polar surface area (TPSA) is 58.3 Å². The highest BCUT2D eigenvalue weighted by Crippen LogP contribution is 2.16. The van der Waals surface area contributed by atoms with Crippen LogP contribution in [0.25, 0.3) is 0 Å². The van der Waals surface area contributed by atoms with Gasteiger partial charge in [-0.15, -0.1) is 0 Å². The average molecular weight is 242 g/mol. The summed E-state index contributed by atoms with van der Waals surface area (Å²) in [5.74, 6) is 0. The van der Waals surface area contributed by atoms with Gasteiger partial charge in [0.2, 0.25) is 0 Å². The largest absolute Gasteiger partial charge is 0.395 e. The van der Waals surface area contributed by atoms with Crippen LogP contribution in [0.1, 0.15) is 5.56 Å². The Labute approximate surface area is 107 Å². The molecule has 0 aromatic heterocycles. The van der Waals surface area contributed by atoms with E-state index in [0.29, 0.717) is 6.42 Å². The number of hydrogen-bond donors (Lipinski definition) is 3. The summed E-state index contributed by atoms with van der Waals surface area (Å²) in [5.41, 5.74) is 8.95. The van der Waals surface area contributed by atoms with Crippen molar-refractivity contribution >= 4 is 11.4 Å². The van der Waals surface area contributed by atoms with Crippen molar-refractivity contribution in [3.05, 3.63) is 60.2 Å². The third-order valence-electron chi connectivity index (χ3n) is 2.75. The monoisotopic (exact) mass is 242 g/mol. The van der Waals surface area contributed by atoms with Crippen LogP contribution >= 0.6 is 0 Å². The maximum Gasteiger partial charge on any atom is 0.0585 e. The fourth-order valence-electron chi connectivity index (χ4n) is 1.78. The molecule has 0 bridgehead atoms. The third kappa shape index (κ3) is 3.58. The summed E-state index contributed by atoms with van der Waals surface area (Å²) in [5, 5.41) is 12.2. The lowest BCUT2D eigenvalue weighted by Crippen LogP contribution is -2.26. The molecule has 94 valence electrons. The summed E-state index contributed by atoms with van der Waals surface area (Å²) in [6.07, 6.45) is 0.697. The molecule has 4 N–H and O–H groups in total. The van der Waals surface area contributed by atoms with Crippen LogP contribution in [0, 0.1) is 0 Å². The number of aliphatic hydroxyl groups is 1. The number of nitrogens with one attached hydrogen (secondary N) is 1. The van der Waals surface area contributed by atoms with Crippen molar-refractivity contribution in [2.75, 3.05) is 11.9 Å². The molecule has 3 heteroatoms. The smallest absolute Gasteiger partial charge is 0.0585 e. The zero-order valence-electron chi connectivity index (χ0n) is 10.2. The lowest BCUT2D eigenvalue weighted by Gasteiger charge is -2.10. The first-order chi connectivity index (χ1) is 8.78. The molecule has 1 atom stereocenters. The summed E-state index contributed by atoms with van der Waals surface area (Å²) >= 11 is 0. The number of rotatable bonds is 5. The van der Waals surface area contributed by atoms with Gasteiger partial charge in [-0.3, -0.25) is 0 Å². The first-order valence-corrected chi connectivity index (χ1v) is 6.05. The maximum atomic E-state index is 8.91. The highest BCUT2D eigenvalue weighted by atomic mass is 16.3. The maximum absolute atomic E-state index is 8.91. The molecule has 0 saturated carbocycles. The van der Waals surface area contributed by atoms with E-state index in [1.807, 2.05) is 54.6 Å². The van der Waals surface area contributed by atoms with Crippen LogP contribution in [0.5, 0.6) is 0 Å². The Morgan fingerprint density at radius 1 is 0.944 bits per heavy atom. The van der Waals surface area contributed by atoms with E-state index >= 15 is 0 Å². The van der Waals surface area contributed by atoms with Crippen molar-refractivity contribution in [3.63, 3.8) is 0 Å². The van der Waals surface area contributed by atoms with Gasteiger partial charge in [-0.2, -0.15) is 0 Å². The van der Waals surface area contributed by atoms with Crippen molar-refractivity contribution in [2.45, 2.75) is 12.5 Å². The number of aliphatic hydroxyl groups excluding tert-OH is 1. The molecule has 0 heterocycles. The zero-order chi connectivity index (χ0) is 12.8. The number of benzene rings is 2. The van der Waals surface area contributed by atoms with Crippen LogP contribution in [0.3, 0.4) is 0 Å². The summed E-state index contributed by atoms with van der Waals surface area (Å²) in [6, 6.07) is 17.9. The summed E-state index contributed by atoms with van der Waals surface area (Å²) in [6.45, 7) is 0.0179. The zero-order valence-corrected chi connectivity index (χ0v) is 10.2. The minimum absolute atomic E-state index is 0.0179.